The van der Waals surface area contributed by atoms with Crippen LogP contribution in [0.1, 0.15) is 36.8 Å². The number of allylic oxidation sites excluding steroid dienone is 1. The third-order valence-electron chi connectivity index (χ3n) is 4.50. The van der Waals surface area contributed by atoms with Crippen molar-refractivity contribution in [1.29, 1.82) is 0 Å². The van der Waals surface area contributed by atoms with Crippen molar-refractivity contribution in [3.63, 3.8) is 0 Å². The van der Waals surface area contributed by atoms with Crippen LogP contribution in [0.25, 0.3) is 17.4 Å². The largest absolute Gasteiger partial charge is 0.457 e. The van der Waals surface area contributed by atoms with Gasteiger partial charge in [0.05, 0.1) is 16.0 Å². The predicted molar refractivity (Wildman–Crippen MR) is 101 cm³/mol. The molecule has 27 heavy (non-hydrogen) atoms. The van der Waals surface area contributed by atoms with Gasteiger partial charge in [0.1, 0.15) is 11.5 Å². The van der Waals surface area contributed by atoms with E-state index in [0.29, 0.717) is 38.7 Å². The van der Waals surface area contributed by atoms with Crippen molar-refractivity contribution in [2.45, 2.75) is 4.90 Å². The van der Waals surface area contributed by atoms with Gasteiger partial charge in [-0.05, 0) is 42.5 Å². The van der Waals surface area contributed by atoms with Gasteiger partial charge in [0.2, 0.25) is 5.78 Å². The van der Waals surface area contributed by atoms with E-state index in [2.05, 4.69) is 5.32 Å². The molecule has 0 spiro atoms. The number of amides is 2. The van der Waals surface area contributed by atoms with Gasteiger partial charge < -0.3 is 4.42 Å². The molecule has 0 unspecified atom stereocenters. The highest BCUT2D eigenvalue weighted by Crippen LogP contribution is 2.41. The average Bonchev–Trinajstić information content (AvgIpc) is 3.34. The van der Waals surface area contributed by atoms with E-state index >= 15 is 0 Å². The highest BCUT2D eigenvalue weighted by Gasteiger charge is 2.28. The first kappa shape index (κ1) is 15.8. The van der Waals surface area contributed by atoms with Crippen molar-refractivity contribution in [3.05, 3.63) is 82.0 Å². The zero-order chi connectivity index (χ0) is 18.5. The molecule has 6 heteroatoms. The number of Topliss-reactive ketones (excluding diaryl/α,β-unsaturated/α-hetero) is 1. The number of imide groups is 1. The van der Waals surface area contributed by atoms with Crippen molar-refractivity contribution in [2.24, 2.45) is 0 Å². The number of hydrogen-bond donors (Lipinski definition) is 1. The Balaban J connectivity index is 1.47. The minimum atomic E-state index is -0.406. The van der Waals surface area contributed by atoms with Crippen LogP contribution in [0, 0.1) is 0 Å². The minimum Gasteiger partial charge on any atom is -0.457 e. The Morgan fingerprint density at radius 2 is 1.67 bits per heavy atom. The summed E-state index contributed by atoms with van der Waals surface area (Å²) in [6.45, 7) is 0. The monoisotopic (exact) mass is 373 g/mol. The molecule has 1 aromatic heterocycles. The molecule has 0 radical (unpaired) electrons. The maximum atomic E-state index is 12.5. The Morgan fingerprint density at radius 3 is 2.52 bits per heavy atom. The Morgan fingerprint density at radius 1 is 0.852 bits per heavy atom. The summed E-state index contributed by atoms with van der Waals surface area (Å²) in [5.41, 5.74) is 2.10. The van der Waals surface area contributed by atoms with Crippen LogP contribution >= 0.6 is 11.8 Å². The van der Waals surface area contributed by atoms with Gasteiger partial charge >= 0.3 is 0 Å². The Kier molecular flexibility index (Phi) is 3.42. The number of furan rings is 1. The lowest BCUT2D eigenvalue weighted by molar-refractivity contribution is 0.0879. The highest BCUT2D eigenvalue weighted by atomic mass is 32.2. The molecule has 0 saturated carbocycles. The fourth-order valence-corrected chi connectivity index (χ4v) is 4.20. The van der Waals surface area contributed by atoms with E-state index in [1.54, 1.807) is 36.4 Å². The van der Waals surface area contributed by atoms with Gasteiger partial charge in [0, 0.05) is 16.0 Å². The molecule has 2 aromatic carbocycles. The second-order valence-electron chi connectivity index (χ2n) is 6.18. The minimum absolute atomic E-state index is 0.0127. The molecule has 3 heterocycles. The van der Waals surface area contributed by atoms with Crippen molar-refractivity contribution in [1.82, 2.24) is 5.32 Å². The zero-order valence-electron chi connectivity index (χ0n) is 13.8. The first-order chi connectivity index (χ1) is 13.1. The molecule has 0 bridgehead atoms. The van der Waals surface area contributed by atoms with Gasteiger partial charge in [-0.1, -0.05) is 30.0 Å². The standard InChI is InChI=1S/C21H11NO4S/c23-19-14-3-1-2-4-17(14)27-18(19)10-12-6-8-16(26-12)11-5-7-13-15(9-11)21(25)22-20(13)24/h1-10H,(H,22,24,25)/b18-10+. The SMILES string of the molecule is O=C1/C(=C\c2ccc(-c3ccc4c(c3)C(=O)NC4=O)o2)Sc2ccccc21. The third kappa shape index (κ3) is 2.53. The predicted octanol–water partition coefficient (Wildman–Crippen LogP) is 4.16. The average molecular weight is 373 g/mol. The maximum absolute atomic E-state index is 12.5. The van der Waals surface area contributed by atoms with Gasteiger partial charge in [0.25, 0.3) is 11.8 Å². The lowest BCUT2D eigenvalue weighted by Gasteiger charge is -1.99. The number of nitrogens with one attached hydrogen (secondary N) is 1. The smallest absolute Gasteiger partial charge is 0.258 e. The number of rotatable bonds is 2. The van der Waals surface area contributed by atoms with Crippen LogP contribution in [-0.4, -0.2) is 17.6 Å². The Labute approximate surface area is 158 Å². The number of carbonyl (C=O) groups excluding carboxylic acids is 3. The van der Waals surface area contributed by atoms with Crippen molar-refractivity contribution >= 4 is 35.4 Å². The molecule has 130 valence electrons. The number of benzene rings is 2. The van der Waals surface area contributed by atoms with Crippen LogP contribution in [0.15, 0.2) is 68.8 Å². The van der Waals surface area contributed by atoms with E-state index in [1.807, 2.05) is 24.3 Å². The van der Waals surface area contributed by atoms with Crippen molar-refractivity contribution in [3.8, 4) is 11.3 Å². The van der Waals surface area contributed by atoms with Crippen molar-refractivity contribution in [2.75, 3.05) is 0 Å². The topological polar surface area (TPSA) is 76.4 Å². The van der Waals surface area contributed by atoms with Gasteiger partial charge in [0.15, 0.2) is 0 Å². The van der Waals surface area contributed by atoms with E-state index in [-0.39, 0.29) is 11.7 Å². The van der Waals surface area contributed by atoms with Gasteiger partial charge in [-0.2, -0.15) is 0 Å². The summed E-state index contributed by atoms with van der Waals surface area (Å²) < 4.78 is 5.84. The van der Waals surface area contributed by atoms with Gasteiger partial charge in [-0.3, -0.25) is 19.7 Å². The van der Waals surface area contributed by atoms with Gasteiger partial charge in [-0.25, -0.2) is 0 Å². The molecule has 0 fully saturated rings. The summed E-state index contributed by atoms with van der Waals surface area (Å²) in [5, 5.41) is 2.27. The summed E-state index contributed by atoms with van der Waals surface area (Å²) in [6.07, 6.45) is 1.72. The van der Waals surface area contributed by atoms with E-state index in [0.717, 1.165) is 4.90 Å². The van der Waals surface area contributed by atoms with Crippen LogP contribution in [0.5, 0.6) is 0 Å². The van der Waals surface area contributed by atoms with E-state index in [9.17, 15) is 14.4 Å². The molecule has 2 aliphatic rings. The van der Waals surface area contributed by atoms with Crippen molar-refractivity contribution < 1.29 is 18.8 Å². The number of ketones is 1. The highest BCUT2D eigenvalue weighted by molar-refractivity contribution is 8.04. The quantitative estimate of drug-likeness (QED) is 0.539. The number of thioether (sulfide) groups is 1. The molecular formula is C21H11NO4S. The molecule has 5 rings (SSSR count). The Hall–Kier alpha value is -3.38. The van der Waals surface area contributed by atoms with Crippen LogP contribution < -0.4 is 5.32 Å². The summed E-state index contributed by atoms with van der Waals surface area (Å²) >= 11 is 1.42. The van der Waals surface area contributed by atoms with E-state index in [1.165, 1.54) is 11.8 Å². The summed E-state index contributed by atoms with van der Waals surface area (Å²) in [7, 11) is 0. The lowest BCUT2D eigenvalue weighted by atomic mass is 10.0. The van der Waals surface area contributed by atoms with E-state index < -0.39 is 5.91 Å². The number of fused-ring (bicyclic) bond motifs is 2. The lowest BCUT2D eigenvalue weighted by Crippen LogP contribution is -2.19. The van der Waals surface area contributed by atoms with E-state index in [4.69, 9.17) is 4.42 Å². The molecule has 3 aromatic rings. The molecule has 0 saturated heterocycles. The second-order valence-corrected chi connectivity index (χ2v) is 7.27. The number of carbonyl (C=O) groups is 3. The molecule has 0 atom stereocenters. The van der Waals surface area contributed by atoms with Crippen LogP contribution in [-0.2, 0) is 0 Å². The first-order valence-electron chi connectivity index (χ1n) is 8.23. The zero-order valence-corrected chi connectivity index (χ0v) is 14.6. The van der Waals surface area contributed by atoms with Crippen LogP contribution in [0.3, 0.4) is 0 Å². The second kappa shape index (κ2) is 5.82. The molecule has 2 amide bonds. The molecule has 0 aliphatic carbocycles. The Bertz CT molecular complexity index is 1190. The molecule has 1 N–H and O–H groups in total. The summed E-state index contributed by atoms with van der Waals surface area (Å²) in [6, 6.07) is 16.0. The third-order valence-corrected chi connectivity index (χ3v) is 5.59. The number of hydrogen-bond acceptors (Lipinski definition) is 5. The fourth-order valence-electron chi connectivity index (χ4n) is 3.17. The fraction of sp³-hybridized carbons (Fsp3) is 0. The molecular weight excluding hydrogens is 362 g/mol. The first-order valence-corrected chi connectivity index (χ1v) is 9.05. The molecule has 2 aliphatic heterocycles. The van der Waals surface area contributed by atoms with Crippen LogP contribution in [0.2, 0.25) is 0 Å². The molecule has 5 nitrogen and oxygen atoms in total. The van der Waals surface area contributed by atoms with Gasteiger partial charge in [-0.15, -0.1) is 0 Å². The maximum Gasteiger partial charge on any atom is 0.258 e. The van der Waals surface area contributed by atoms with Crippen LogP contribution in [0.4, 0.5) is 0 Å². The summed E-state index contributed by atoms with van der Waals surface area (Å²) in [4.78, 5) is 37.5. The normalized spacial score (nSPS) is 16.6. The summed E-state index contributed by atoms with van der Waals surface area (Å²) in [5.74, 6) is 0.305.